The monoisotopic (exact) mass is 801 g/mol. The first-order valence-corrected chi connectivity index (χ1v) is 22.6. The molecule has 0 bridgehead atoms. The third-order valence-electron chi connectivity index (χ3n) is 13.1. The minimum atomic E-state index is -3.23. The predicted octanol–water partition coefficient (Wildman–Crippen LogP) is 14.0. The second kappa shape index (κ2) is 13.4. The first kappa shape index (κ1) is 35.7. The van der Waals surface area contributed by atoms with Crippen molar-refractivity contribution in [1.82, 2.24) is 4.57 Å². The van der Waals surface area contributed by atoms with E-state index in [1.807, 2.05) is 84.9 Å². The van der Waals surface area contributed by atoms with Gasteiger partial charge in [0.15, 0.2) is 7.14 Å². The fraction of sp³-hybridized carbons (Fsp3) is 0.0526. The Labute approximate surface area is 354 Å². The van der Waals surface area contributed by atoms with Gasteiger partial charge < -0.3 is 13.5 Å². The molecule has 0 radical (unpaired) electrons. The number of benzene rings is 9. The van der Waals surface area contributed by atoms with E-state index in [0.29, 0.717) is 0 Å². The highest BCUT2D eigenvalue weighted by atomic mass is 31.2. The second-order valence-corrected chi connectivity index (χ2v) is 19.6. The first-order valence-electron chi connectivity index (χ1n) is 20.9. The molecule has 61 heavy (non-hydrogen) atoms. The summed E-state index contributed by atoms with van der Waals surface area (Å²) in [6.45, 7) is 4.66. The van der Waals surface area contributed by atoms with Crippen LogP contribution < -0.4 is 15.9 Å². The van der Waals surface area contributed by atoms with Crippen molar-refractivity contribution in [3.8, 4) is 39.1 Å². The van der Waals surface area contributed by atoms with E-state index in [1.165, 1.54) is 44.2 Å². The largest absolute Gasteiger partial charge is 0.456 e. The maximum absolute atomic E-state index is 15.6. The molecule has 2 aromatic heterocycles. The van der Waals surface area contributed by atoms with E-state index < -0.39 is 7.14 Å². The lowest BCUT2D eigenvalue weighted by Crippen LogP contribution is -2.25. The van der Waals surface area contributed by atoms with Gasteiger partial charge in [0, 0.05) is 48.9 Å². The van der Waals surface area contributed by atoms with Crippen LogP contribution in [0.15, 0.2) is 211 Å². The number of nitrogens with zero attached hydrogens (tertiary/aromatic N) is 1. The molecule has 0 atom stereocenters. The molecule has 0 fully saturated rings. The van der Waals surface area contributed by atoms with Crippen molar-refractivity contribution >= 4 is 66.8 Å². The van der Waals surface area contributed by atoms with Crippen molar-refractivity contribution in [2.45, 2.75) is 19.3 Å². The van der Waals surface area contributed by atoms with Gasteiger partial charge in [-0.1, -0.05) is 172 Å². The zero-order chi connectivity index (χ0) is 40.9. The quantitative estimate of drug-likeness (QED) is 0.157. The molecule has 3 nitrogen and oxygen atoms in total. The van der Waals surface area contributed by atoms with Crippen LogP contribution in [0.5, 0.6) is 0 Å². The molecule has 0 N–H and O–H groups in total. The van der Waals surface area contributed by atoms with Crippen LogP contribution in [-0.4, -0.2) is 4.57 Å². The molecule has 290 valence electrons. The summed E-state index contributed by atoms with van der Waals surface area (Å²) < 4.78 is 24.7. The van der Waals surface area contributed by atoms with Gasteiger partial charge in [-0.25, -0.2) is 0 Å². The van der Waals surface area contributed by atoms with E-state index in [0.717, 1.165) is 65.7 Å². The van der Waals surface area contributed by atoms with E-state index >= 15 is 4.57 Å². The van der Waals surface area contributed by atoms with E-state index in [9.17, 15) is 0 Å². The number of hydrogen-bond donors (Lipinski definition) is 0. The van der Waals surface area contributed by atoms with Crippen molar-refractivity contribution < 1.29 is 8.98 Å². The van der Waals surface area contributed by atoms with E-state index in [-0.39, 0.29) is 5.41 Å². The van der Waals surface area contributed by atoms with Crippen LogP contribution in [-0.2, 0) is 9.98 Å². The van der Waals surface area contributed by atoms with Crippen molar-refractivity contribution in [3.05, 3.63) is 217 Å². The number of rotatable bonds is 6. The average molecular weight is 802 g/mol. The Morgan fingerprint density at radius 3 is 1.85 bits per heavy atom. The molecule has 0 saturated carbocycles. The predicted molar refractivity (Wildman–Crippen MR) is 256 cm³/mol. The smallest absolute Gasteiger partial charge is 0.171 e. The Morgan fingerprint density at radius 2 is 1.05 bits per heavy atom. The first-order chi connectivity index (χ1) is 29.9. The summed E-state index contributed by atoms with van der Waals surface area (Å²) in [6, 6.07) is 72.3. The Morgan fingerprint density at radius 1 is 0.426 bits per heavy atom. The van der Waals surface area contributed by atoms with E-state index in [2.05, 4.69) is 140 Å². The molecule has 1 aliphatic rings. The number of furan rings is 1. The summed E-state index contributed by atoms with van der Waals surface area (Å²) in [5.74, 6) is 0. The van der Waals surface area contributed by atoms with Crippen LogP contribution in [0, 0.1) is 0 Å². The van der Waals surface area contributed by atoms with Gasteiger partial charge >= 0.3 is 0 Å². The number of para-hydroxylation sites is 2. The lowest BCUT2D eigenvalue weighted by Gasteiger charge is -2.21. The highest BCUT2D eigenvalue weighted by molar-refractivity contribution is 7.85. The van der Waals surface area contributed by atoms with Gasteiger partial charge in [0.05, 0.1) is 16.7 Å². The number of aromatic nitrogens is 1. The van der Waals surface area contributed by atoms with Crippen LogP contribution in [0.3, 0.4) is 0 Å². The second-order valence-electron chi connectivity index (χ2n) is 16.8. The Kier molecular flexibility index (Phi) is 7.86. The molecular weight excluding hydrogens is 762 g/mol. The van der Waals surface area contributed by atoms with Gasteiger partial charge in [-0.15, -0.1) is 0 Å². The van der Waals surface area contributed by atoms with Gasteiger partial charge in [-0.3, -0.25) is 0 Å². The van der Waals surface area contributed by atoms with Crippen LogP contribution in [0.2, 0.25) is 0 Å². The van der Waals surface area contributed by atoms with Crippen molar-refractivity contribution in [2.75, 3.05) is 0 Å². The molecule has 1 aliphatic carbocycles. The van der Waals surface area contributed by atoms with E-state index in [4.69, 9.17) is 4.42 Å². The fourth-order valence-electron chi connectivity index (χ4n) is 10.1. The molecule has 0 aliphatic heterocycles. The maximum Gasteiger partial charge on any atom is 0.171 e. The maximum atomic E-state index is 15.6. The van der Waals surface area contributed by atoms with Crippen molar-refractivity contribution in [3.63, 3.8) is 0 Å². The Bertz CT molecular complexity index is 3550. The minimum absolute atomic E-state index is 0.0353. The average Bonchev–Trinajstić information content (AvgIpc) is 3.94. The SMILES string of the molecule is CC1(C)c2ccccc2-c2cc(-c3ccc4c(c3)c3ccccc3n4-c3cc(-c4cccc(P(=O)(c5ccccc5)c5ccccc5)c4)c4c(c3)oc3ccccc34)ccc21. The summed E-state index contributed by atoms with van der Waals surface area (Å²) in [7, 11) is -3.23. The molecule has 4 heteroatoms. The van der Waals surface area contributed by atoms with Gasteiger partial charge in [0.2, 0.25) is 0 Å². The standard InChI is InChI=1S/C57H40NO2P/c1-57(2)50-25-12-9-22-44(50)48-33-37(28-30-51(48)57)38-29-31-53-49(34-38)45-23-10-13-26-52(45)58(53)40-35-47(56-46-24-11-14-27-54(46)60-55(56)36-40)39-16-15-21-43(32-39)61(59,41-17-5-3-6-18-41)42-19-7-4-8-20-42/h3-36H,1-2H3. The molecule has 0 unspecified atom stereocenters. The fourth-order valence-corrected chi connectivity index (χ4v) is 12.8. The number of fused-ring (bicyclic) bond motifs is 9. The van der Waals surface area contributed by atoms with Crippen LogP contribution >= 0.6 is 7.14 Å². The van der Waals surface area contributed by atoms with Gasteiger partial charge in [0.25, 0.3) is 0 Å². The van der Waals surface area contributed by atoms with Crippen LogP contribution in [0.4, 0.5) is 0 Å². The van der Waals surface area contributed by atoms with Crippen LogP contribution in [0.25, 0.3) is 82.8 Å². The van der Waals surface area contributed by atoms with Crippen molar-refractivity contribution in [2.24, 2.45) is 0 Å². The van der Waals surface area contributed by atoms with Gasteiger partial charge in [-0.2, -0.15) is 0 Å². The molecule has 12 rings (SSSR count). The summed E-state index contributed by atoms with van der Waals surface area (Å²) in [5.41, 5.74) is 14.6. The summed E-state index contributed by atoms with van der Waals surface area (Å²) in [6.07, 6.45) is 0. The summed E-state index contributed by atoms with van der Waals surface area (Å²) in [5, 5.41) is 6.87. The summed E-state index contributed by atoms with van der Waals surface area (Å²) in [4.78, 5) is 0. The van der Waals surface area contributed by atoms with E-state index in [1.54, 1.807) is 0 Å². The number of hydrogen-bond acceptors (Lipinski definition) is 2. The molecule has 0 spiro atoms. The molecule has 0 amide bonds. The molecule has 2 heterocycles. The normalized spacial score (nSPS) is 13.3. The minimum Gasteiger partial charge on any atom is -0.456 e. The summed E-state index contributed by atoms with van der Waals surface area (Å²) >= 11 is 0. The van der Waals surface area contributed by atoms with Gasteiger partial charge in [0.1, 0.15) is 11.2 Å². The Hall–Kier alpha value is -7.19. The molecule has 0 saturated heterocycles. The third-order valence-corrected chi connectivity index (χ3v) is 16.1. The van der Waals surface area contributed by atoms with Gasteiger partial charge in [-0.05, 0) is 87.0 Å². The zero-order valence-electron chi connectivity index (χ0n) is 33.8. The highest BCUT2D eigenvalue weighted by Gasteiger charge is 2.35. The highest BCUT2D eigenvalue weighted by Crippen LogP contribution is 2.50. The zero-order valence-corrected chi connectivity index (χ0v) is 34.7. The van der Waals surface area contributed by atoms with Crippen molar-refractivity contribution in [1.29, 1.82) is 0 Å². The lowest BCUT2D eigenvalue weighted by atomic mass is 9.82. The van der Waals surface area contributed by atoms with Crippen LogP contribution in [0.1, 0.15) is 25.0 Å². The topological polar surface area (TPSA) is 35.1 Å². The lowest BCUT2D eigenvalue weighted by molar-refractivity contribution is 0.592. The molecular formula is C57H40NO2P. The Balaban J connectivity index is 1.06. The molecule has 9 aromatic carbocycles. The third kappa shape index (κ3) is 5.34. The molecule has 11 aromatic rings.